The summed E-state index contributed by atoms with van der Waals surface area (Å²) in [6.07, 6.45) is 13.2. The van der Waals surface area contributed by atoms with E-state index in [1.54, 1.807) is 0 Å². The van der Waals surface area contributed by atoms with Crippen LogP contribution in [0, 0.1) is 46.5 Å². The number of hydrogen-bond donors (Lipinski definition) is 2. The second kappa shape index (κ2) is 25.9. The Bertz CT molecular complexity index is 1410. The summed E-state index contributed by atoms with van der Waals surface area (Å²) in [4.78, 5) is 30.7. The Morgan fingerprint density at radius 1 is 0.717 bits per heavy atom. The molecule has 0 amide bonds. The van der Waals surface area contributed by atoms with E-state index < -0.39 is 70.0 Å². The number of hydrogen-bond acceptors (Lipinski definition) is 7. The molecule has 0 saturated heterocycles. The molecule has 8 nitrogen and oxygen atoms in total. The Hall–Kier alpha value is -4.04. The molecule has 0 heterocycles. The van der Waals surface area contributed by atoms with Gasteiger partial charge in [0.2, 0.25) is 29.0 Å². The molecule has 0 aromatic heterocycles. The van der Waals surface area contributed by atoms with E-state index in [0.717, 1.165) is 20.4 Å². The molecule has 0 radical (unpaired) electrons. The minimum Gasteiger partial charge on any atom is -0.503 e. The number of phenolic OH excluding ortho intramolecular Hbond substituents is 1. The third kappa shape index (κ3) is 19.6. The van der Waals surface area contributed by atoms with Crippen molar-refractivity contribution in [3.63, 3.8) is 0 Å². The van der Waals surface area contributed by atoms with Crippen LogP contribution in [0.25, 0.3) is 0 Å². The number of halogens is 8. The van der Waals surface area contributed by atoms with Crippen LogP contribution in [0.5, 0.6) is 11.5 Å². The number of esters is 1. The fraction of sp³-hybridized carbons (Fsp3) is 0.595. The number of ether oxygens (including phenoxy) is 1. The molecular formula is C37H51F8N3O5. The summed E-state index contributed by atoms with van der Waals surface area (Å²) >= 11 is 0. The zero-order valence-electron chi connectivity index (χ0n) is 31.2. The summed E-state index contributed by atoms with van der Waals surface area (Å²) in [6.45, 7) is 14.3. The van der Waals surface area contributed by atoms with Crippen molar-refractivity contribution in [3.8, 4) is 11.5 Å². The Balaban J connectivity index is 0.000000668. The standard InChI is InChI=1S/C13H22N2.C8H4F4O2.C8H19N.C6H2F4O.C2H4O2/c1-3-7-12(8-4-1)14-11-15-13-9-5-2-6-10-13;1-3(13)14-8-6(11)4(9)2-5(10)7(8)12;1-6-9(7(2)3)8(4)5;7-2-1-3(8)5(10)6(11)4(2)9;1-2(3)4/h12-13H,1-10H2;2H,1H3;7-8H,6H2,1-5H3;1,11H;1H3,(H,3,4). The highest BCUT2D eigenvalue weighted by molar-refractivity contribution is 5.69. The monoisotopic (exact) mass is 769 g/mol. The molecule has 53 heavy (non-hydrogen) atoms. The third-order valence-corrected chi connectivity index (χ3v) is 7.73. The fourth-order valence-corrected chi connectivity index (χ4v) is 5.29. The molecule has 2 aromatic carbocycles. The quantitative estimate of drug-likeness (QED) is 0.0995. The van der Waals surface area contributed by atoms with Crippen molar-refractivity contribution in [1.29, 1.82) is 0 Å². The summed E-state index contributed by atoms with van der Waals surface area (Å²) in [6, 6.07) is 5.46. The first-order valence-corrected chi connectivity index (χ1v) is 17.4. The molecule has 0 aliphatic heterocycles. The molecule has 2 aliphatic carbocycles. The van der Waals surface area contributed by atoms with Gasteiger partial charge in [-0.3, -0.25) is 14.5 Å². The van der Waals surface area contributed by atoms with Crippen LogP contribution in [0.15, 0.2) is 22.1 Å². The number of aliphatic carboxylic acids is 1. The van der Waals surface area contributed by atoms with Crippen LogP contribution in [0.4, 0.5) is 35.1 Å². The maximum Gasteiger partial charge on any atom is 0.308 e. The normalized spacial score (nSPS) is 14.2. The highest BCUT2D eigenvalue weighted by atomic mass is 19.2. The van der Waals surface area contributed by atoms with Gasteiger partial charge in [0.25, 0.3) is 5.97 Å². The van der Waals surface area contributed by atoms with E-state index >= 15 is 0 Å². The Morgan fingerprint density at radius 2 is 1.04 bits per heavy atom. The van der Waals surface area contributed by atoms with E-state index in [9.17, 15) is 39.9 Å². The minimum atomic E-state index is -1.79. The van der Waals surface area contributed by atoms with Gasteiger partial charge in [0, 0.05) is 38.1 Å². The number of carboxylic acid groups (broad SMARTS) is 1. The predicted octanol–water partition coefficient (Wildman–Crippen LogP) is 10.2. The largest absolute Gasteiger partial charge is 0.503 e. The topological polar surface area (TPSA) is 112 Å². The van der Waals surface area contributed by atoms with E-state index in [1.807, 2.05) is 0 Å². The smallest absolute Gasteiger partial charge is 0.308 e. The van der Waals surface area contributed by atoms with Crippen molar-refractivity contribution >= 4 is 17.9 Å². The van der Waals surface area contributed by atoms with Crippen molar-refractivity contribution < 1.29 is 59.7 Å². The number of carbonyl (C=O) groups is 2. The Morgan fingerprint density at radius 3 is 1.30 bits per heavy atom. The van der Waals surface area contributed by atoms with Gasteiger partial charge in [-0.1, -0.05) is 45.4 Å². The molecule has 0 bridgehead atoms. The first-order chi connectivity index (χ1) is 24.7. The molecule has 0 spiro atoms. The summed E-state index contributed by atoms with van der Waals surface area (Å²) < 4.78 is 103. The molecule has 2 aliphatic rings. The molecule has 16 heteroatoms. The third-order valence-electron chi connectivity index (χ3n) is 7.73. The van der Waals surface area contributed by atoms with Crippen molar-refractivity contribution in [1.82, 2.24) is 4.90 Å². The summed E-state index contributed by atoms with van der Waals surface area (Å²) in [5, 5.41) is 15.8. The average molecular weight is 770 g/mol. The highest BCUT2D eigenvalue weighted by Gasteiger charge is 2.22. The lowest BCUT2D eigenvalue weighted by Crippen LogP contribution is -2.36. The maximum atomic E-state index is 12.7. The number of aliphatic imine (C=N–C) groups is 2. The number of benzene rings is 2. The van der Waals surface area contributed by atoms with E-state index in [-0.39, 0.29) is 12.1 Å². The molecular weight excluding hydrogens is 718 g/mol. The second-order valence-electron chi connectivity index (χ2n) is 12.7. The van der Waals surface area contributed by atoms with Crippen molar-refractivity contribution in [2.24, 2.45) is 9.98 Å². The van der Waals surface area contributed by atoms with Gasteiger partial charge in [-0.25, -0.2) is 27.5 Å². The van der Waals surface area contributed by atoms with Crippen molar-refractivity contribution in [3.05, 3.63) is 58.7 Å². The summed E-state index contributed by atoms with van der Waals surface area (Å²) in [5.74, 6) is -18.5. The van der Waals surface area contributed by atoms with Crippen LogP contribution in [0.1, 0.15) is 113 Å². The summed E-state index contributed by atoms with van der Waals surface area (Å²) in [7, 11) is 0. The van der Waals surface area contributed by atoms with Crippen LogP contribution in [0.3, 0.4) is 0 Å². The lowest BCUT2D eigenvalue weighted by molar-refractivity contribution is -0.134. The fourth-order valence-electron chi connectivity index (χ4n) is 5.29. The van der Waals surface area contributed by atoms with Gasteiger partial charge in [-0.05, 0) is 59.9 Å². The Labute approximate surface area is 306 Å². The lowest BCUT2D eigenvalue weighted by Gasteiger charge is -2.28. The zero-order valence-corrected chi connectivity index (χ0v) is 31.2. The molecule has 2 saturated carbocycles. The van der Waals surface area contributed by atoms with Crippen LogP contribution in [-0.2, 0) is 9.59 Å². The van der Waals surface area contributed by atoms with Gasteiger partial charge in [0.05, 0.1) is 18.1 Å². The SMILES string of the molecule is C(=NC1CCCCC1)=NC1CCCCC1.CC(=O)O.CC(=O)Oc1c(F)c(F)cc(F)c1F.CCN(C(C)C)C(C)C.Oc1c(F)c(F)cc(F)c1F. The number of carboxylic acids is 1. The van der Waals surface area contributed by atoms with E-state index in [4.69, 9.17) is 15.0 Å². The molecule has 2 aromatic rings. The molecule has 0 atom stereocenters. The number of nitrogens with zero attached hydrogens (tertiary/aromatic N) is 3. The van der Waals surface area contributed by atoms with E-state index in [1.165, 1.54) is 64.2 Å². The molecule has 4 rings (SSSR count). The zero-order chi connectivity index (χ0) is 40.8. The van der Waals surface area contributed by atoms with Gasteiger partial charge in [-0.2, -0.15) is 17.6 Å². The number of aromatic hydroxyl groups is 1. The van der Waals surface area contributed by atoms with Crippen LogP contribution in [0.2, 0.25) is 0 Å². The number of carbonyl (C=O) groups excluding carboxylic acids is 1. The van der Waals surface area contributed by atoms with Crippen LogP contribution in [-0.4, -0.2) is 63.8 Å². The predicted molar refractivity (Wildman–Crippen MR) is 185 cm³/mol. The van der Waals surface area contributed by atoms with E-state index in [0.29, 0.717) is 24.2 Å². The Kier molecular flexibility index (Phi) is 23.9. The maximum absolute atomic E-state index is 12.7. The first kappa shape index (κ1) is 49.0. The van der Waals surface area contributed by atoms with Crippen molar-refractivity contribution in [2.45, 2.75) is 137 Å². The van der Waals surface area contributed by atoms with Gasteiger partial charge in [-0.15, -0.1) is 0 Å². The second-order valence-corrected chi connectivity index (χ2v) is 12.7. The van der Waals surface area contributed by atoms with Crippen molar-refractivity contribution in [2.75, 3.05) is 6.54 Å². The van der Waals surface area contributed by atoms with E-state index in [2.05, 4.69) is 60.2 Å². The van der Waals surface area contributed by atoms with Crippen LogP contribution < -0.4 is 4.74 Å². The molecule has 2 fully saturated rings. The molecule has 300 valence electrons. The highest BCUT2D eigenvalue weighted by Crippen LogP contribution is 2.27. The van der Waals surface area contributed by atoms with Gasteiger partial charge in [0.1, 0.15) is 0 Å². The summed E-state index contributed by atoms with van der Waals surface area (Å²) in [5.41, 5.74) is 0. The lowest BCUT2D eigenvalue weighted by atomic mass is 9.96. The first-order valence-electron chi connectivity index (χ1n) is 17.4. The van der Waals surface area contributed by atoms with Crippen LogP contribution >= 0.6 is 0 Å². The average Bonchev–Trinajstić information content (AvgIpc) is 3.09. The number of phenols is 1. The number of rotatable bonds is 6. The van der Waals surface area contributed by atoms with Gasteiger partial charge < -0.3 is 14.9 Å². The molecule has 0 unspecified atom stereocenters. The van der Waals surface area contributed by atoms with Gasteiger partial charge >= 0.3 is 5.97 Å². The van der Waals surface area contributed by atoms with Gasteiger partial charge in [0.15, 0.2) is 29.0 Å². The minimum absolute atomic E-state index is 0.0182. The molecule has 2 N–H and O–H groups in total.